The van der Waals surface area contributed by atoms with Gasteiger partial charge in [-0.1, -0.05) is 0 Å². The van der Waals surface area contributed by atoms with Crippen molar-refractivity contribution in [3.05, 3.63) is 35.3 Å². The first-order valence-electron chi connectivity index (χ1n) is 9.94. The van der Waals surface area contributed by atoms with Crippen LogP contribution in [0.5, 0.6) is 5.75 Å². The quantitative estimate of drug-likeness (QED) is 0.313. The van der Waals surface area contributed by atoms with E-state index in [1.54, 1.807) is 25.6 Å². The summed E-state index contributed by atoms with van der Waals surface area (Å²) in [4.78, 5) is 11.7. The second-order valence-electron chi connectivity index (χ2n) is 6.64. The van der Waals surface area contributed by atoms with Crippen LogP contribution in [0.4, 0.5) is 0 Å². The minimum absolute atomic E-state index is 0.547. The molecule has 0 unspecified atom stereocenters. The molecular weight excluding hydrogens is 386 g/mol. The van der Waals surface area contributed by atoms with Crippen molar-refractivity contribution in [2.24, 2.45) is 4.99 Å². The highest BCUT2D eigenvalue weighted by molar-refractivity contribution is 7.13. The summed E-state index contributed by atoms with van der Waals surface area (Å²) in [6.45, 7) is 7.05. The Morgan fingerprint density at radius 2 is 1.97 bits per heavy atom. The second-order valence-corrected chi connectivity index (χ2v) is 7.50. The minimum Gasteiger partial charge on any atom is -0.497 e. The zero-order valence-electron chi connectivity index (χ0n) is 17.9. The molecule has 0 spiro atoms. The molecule has 1 aromatic carbocycles. The van der Waals surface area contributed by atoms with Gasteiger partial charge in [0.2, 0.25) is 0 Å². The van der Waals surface area contributed by atoms with Gasteiger partial charge in [-0.05, 0) is 44.7 Å². The summed E-state index contributed by atoms with van der Waals surface area (Å²) in [5, 5.41) is 9.74. The topological polar surface area (TPSA) is 71.0 Å². The lowest BCUT2D eigenvalue weighted by Crippen LogP contribution is -2.41. The monoisotopic (exact) mass is 419 g/mol. The van der Waals surface area contributed by atoms with Gasteiger partial charge in [0.25, 0.3) is 0 Å². The van der Waals surface area contributed by atoms with Crippen molar-refractivity contribution in [2.75, 3.05) is 54.1 Å². The lowest BCUT2D eigenvalue weighted by Gasteiger charge is -2.18. The molecular formula is C21H33N5O2S. The fraction of sp³-hybridized carbons (Fsp3) is 0.524. The average molecular weight is 420 g/mol. The fourth-order valence-corrected chi connectivity index (χ4v) is 3.52. The van der Waals surface area contributed by atoms with Crippen molar-refractivity contribution in [3.63, 3.8) is 0 Å². The average Bonchev–Trinajstić information content (AvgIpc) is 3.21. The number of nitrogens with one attached hydrogen (secondary N) is 2. The Balaban J connectivity index is 1.85. The molecule has 0 atom stereocenters. The van der Waals surface area contributed by atoms with E-state index in [4.69, 9.17) is 14.5 Å². The first-order valence-corrected chi connectivity index (χ1v) is 10.8. The van der Waals surface area contributed by atoms with Crippen LogP contribution in [-0.2, 0) is 11.3 Å². The predicted molar refractivity (Wildman–Crippen MR) is 121 cm³/mol. The maximum absolute atomic E-state index is 5.21. The van der Waals surface area contributed by atoms with Gasteiger partial charge in [0.05, 0.1) is 19.3 Å². The van der Waals surface area contributed by atoms with Crippen molar-refractivity contribution < 1.29 is 9.47 Å². The molecule has 160 valence electrons. The van der Waals surface area contributed by atoms with Crippen LogP contribution in [0.2, 0.25) is 0 Å². The van der Waals surface area contributed by atoms with E-state index in [0.717, 1.165) is 67.2 Å². The van der Waals surface area contributed by atoms with Gasteiger partial charge in [0.15, 0.2) is 5.96 Å². The molecule has 7 nitrogen and oxygen atoms in total. The number of hydrogen-bond donors (Lipinski definition) is 2. The van der Waals surface area contributed by atoms with Crippen LogP contribution in [0, 0.1) is 0 Å². The van der Waals surface area contributed by atoms with E-state index in [0.29, 0.717) is 6.54 Å². The summed E-state index contributed by atoms with van der Waals surface area (Å²) >= 11 is 1.63. The Kier molecular flexibility index (Phi) is 10.5. The van der Waals surface area contributed by atoms with Gasteiger partial charge in [-0.3, -0.25) is 0 Å². The number of aromatic nitrogens is 1. The molecule has 0 amide bonds. The second kappa shape index (κ2) is 13.1. The van der Waals surface area contributed by atoms with Crippen LogP contribution < -0.4 is 15.4 Å². The van der Waals surface area contributed by atoms with Gasteiger partial charge in [-0.2, -0.15) is 0 Å². The van der Waals surface area contributed by atoms with Crippen molar-refractivity contribution in [3.8, 4) is 16.3 Å². The molecule has 8 heteroatoms. The summed E-state index contributed by atoms with van der Waals surface area (Å²) < 4.78 is 10.3. The normalized spacial score (nSPS) is 11.7. The van der Waals surface area contributed by atoms with Crippen LogP contribution >= 0.6 is 11.3 Å². The molecule has 2 N–H and O–H groups in total. The molecule has 2 rings (SSSR count). The van der Waals surface area contributed by atoms with Gasteiger partial charge in [0, 0.05) is 50.8 Å². The molecule has 1 heterocycles. The highest BCUT2D eigenvalue weighted by atomic mass is 32.1. The summed E-state index contributed by atoms with van der Waals surface area (Å²) in [5.74, 6) is 1.66. The SMILES string of the molecule is CCNC(=NCc1csc(-c2ccc(OC)cc2)n1)NCCN(C)CCCOC. The lowest BCUT2D eigenvalue weighted by atomic mass is 10.2. The number of aliphatic imine (C=N–C) groups is 1. The number of rotatable bonds is 12. The number of hydrogen-bond acceptors (Lipinski definition) is 6. The first kappa shape index (κ1) is 23.1. The van der Waals surface area contributed by atoms with Gasteiger partial charge in [-0.25, -0.2) is 9.98 Å². The number of methoxy groups -OCH3 is 2. The van der Waals surface area contributed by atoms with Crippen molar-refractivity contribution in [2.45, 2.75) is 19.9 Å². The Morgan fingerprint density at radius 3 is 2.66 bits per heavy atom. The zero-order chi connectivity index (χ0) is 20.9. The smallest absolute Gasteiger partial charge is 0.191 e. The standard InChI is InChI=1S/C21H33N5O2S/c1-5-22-21(23-11-13-26(2)12-6-14-27-3)24-15-18-16-29-20(25-18)17-7-9-19(28-4)10-8-17/h7-10,16H,5-6,11-15H2,1-4H3,(H2,22,23,24). The Labute approximate surface area is 178 Å². The molecule has 2 aromatic rings. The molecule has 0 aliphatic carbocycles. The number of benzene rings is 1. The van der Waals surface area contributed by atoms with E-state index in [-0.39, 0.29) is 0 Å². The zero-order valence-corrected chi connectivity index (χ0v) is 18.7. The maximum atomic E-state index is 5.21. The Morgan fingerprint density at radius 1 is 1.17 bits per heavy atom. The minimum atomic E-state index is 0.547. The van der Waals surface area contributed by atoms with E-state index in [1.807, 2.05) is 24.3 Å². The predicted octanol–water partition coefficient (Wildman–Crippen LogP) is 2.84. The third-order valence-corrected chi connectivity index (χ3v) is 5.25. The lowest BCUT2D eigenvalue weighted by molar-refractivity contribution is 0.180. The van der Waals surface area contributed by atoms with E-state index in [2.05, 4.69) is 39.9 Å². The molecule has 0 saturated carbocycles. The van der Waals surface area contributed by atoms with Gasteiger partial charge in [-0.15, -0.1) is 11.3 Å². The molecule has 0 radical (unpaired) electrons. The van der Waals surface area contributed by atoms with Crippen LogP contribution in [0.15, 0.2) is 34.6 Å². The van der Waals surface area contributed by atoms with E-state index >= 15 is 0 Å². The van der Waals surface area contributed by atoms with Crippen LogP contribution in [0.3, 0.4) is 0 Å². The van der Waals surface area contributed by atoms with Crippen LogP contribution in [0.25, 0.3) is 10.6 Å². The van der Waals surface area contributed by atoms with Gasteiger partial charge < -0.3 is 25.0 Å². The van der Waals surface area contributed by atoms with E-state index in [1.165, 1.54) is 0 Å². The van der Waals surface area contributed by atoms with E-state index < -0.39 is 0 Å². The summed E-state index contributed by atoms with van der Waals surface area (Å²) in [5.41, 5.74) is 2.06. The fourth-order valence-electron chi connectivity index (χ4n) is 2.70. The Bertz CT molecular complexity index is 733. The van der Waals surface area contributed by atoms with Crippen molar-refractivity contribution in [1.29, 1.82) is 0 Å². The summed E-state index contributed by atoms with van der Waals surface area (Å²) in [7, 11) is 5.53. The van der Waals surface area contributed by atoms with Crippen LogP contribution in [-0.4, -0.2) is 69.9 Å². The number of ether oxygens (including phenoxy) is 2. The van der Waals surface area contributed by atoms with Gasteiger partial charge >= 0.3 is 0 Å². The molecule has 0 aliphatic heterocycles. The first-order chi connectivity index (χ1) is 14.2. The van der Waals surface area contributed by atoms with Crippen LogP contribution in [0.1, 0.15) is 19.0 Å². The largest absolute Gasteiger partial charge is 0.497 e. The number of nitrogens with zero attached hydrogens (tertiary/aromatic N) is 3. The number of thiazole rings is 1. The third-order valence-electron chi connectivity index (χ3n) is 4.31. The van der Waals surface area contributed by atoms with Gasteiger partial charge in [0.1, 0.15) is 10.8 Å². The highest BCUT2D eigenvalue weighted by Crippen LogP contribution is 2.25. The molecule has 0 bridgehead atoms. The molecule has 1 aromatic heterocycles. The third kappa shape index (κ3) is 8.39. The maximum Gasteiger partial charge on any atom is 0.191 e. The Hall–Kier alpha value is -2.16. The number of guanidine groups is 1. The van der Waals surface area contributed by atoms with Crippen molar-refractivity contribution in [1.82, 2.24) is 20.5 Å². The summed E-state index contributed by atoms with van der Waals surface area (Å²) in [6, 6.07) is 7.96. The molecule has 29 heavy (non-hydrogen) atoms. The molecule has 0 aliphatic rings. The van der Waals surface area contributed by atoms with E-state index in [9.17, 15) is 0 Å². The number of likely N-dealkylation sites (N-methyl/N-ethyl adjacent to an activating group) is 1. The molecule has 0 fully saturated rings. The molecule has 0 saturated heterocycles. The summed E-state index contributed by atoms with van der Waals surface area (Å²) in [6.07, 6.45) is 1.04. The van der Waals surface area contributed by atoms with Crippen molar-refractivity contribution >= 4 is 17.3 Å². The highest BCUT2D eigenvalue weighted by Gasteiger charge is 2.06.